The average Bonchev–Trinajstić information content (AvgIpc) is 3.15. The predicted molar refractivity (Wildman–Crippen MR) is 135 cm³/mol. The van der Waals surface area contributed by atoms with Gasteiger partial charge in [-0.2, -0.15) is 5.10 Å². The van der Waals surface area contributed by atoms with E-state index < -0.39 is 0 Å². The van der Waals surface area contributed by atoms with Gasteiger partial charge in [0.2, 0.25) is 11.8 Å². The third-order valence-electron chi connectivity index (χ3n) is 5.63. The minimum Gasteiger partial charge on any atom is -0.350 e. The van der Waals surface area contributed by atoms with Crippen molar-refractivity contribution in [1.82, 2.24) is 30.2 Å². The van der Waals surface area contributed by atoms with Crippen molar-refractivity contribution < 1.29 is 9.59 Å². The lowest BCUT2D eigenvalue weighted by molar-refractivity contribution is -0.125. The molecule has 8 nitrogen and oxygen atoms in total. The van der Waals surface area contributed by atoms with Crippen LogP contribution in [-0.4, -0.2) is 76.2 Å². The average molecular weight is 469 g/mol. The summed E-state index contributed by atoms with van der Waals surface area (Å²) < 4.78 is 1.98. The van der Waals surface area contributed by atoms with Crippen LogP contribution in [0.15, 0.2) is 36.4 Å². The Bertz CT molecular complexity index is 940. The lowest BCUT2D eigenvalue weighted by atomic mass is 10.1. The lowest BCUT2D eigenvalue weighted by Gasteiger charge is -2.34. The monoisotopic (exact) mass is 468 g/mol. The highest BCUT2D eigenvalue weighted by Crippen LogP contribution is 2.16. The van der Waals surface area contributed by atoms with Gasteiger partial charge in [-0.1, -0.05) is 32.0 Å². The first kappa shape index (κ1) is 25.9. The summed E-state index contributed by atoms with van der Waals surface area (Å²) in [7, 11) is 0. The molecule has 1 aliphatic heterocycles. The maximum Gasteiger partial charge on any atom is 0.234 e. The normalized spacial score (nSPS) is 15.5. The molecular weight excluding hydrogens is 428 g/mol. The van der Waals surface area contributed by atoms with Crippen LogP contribution >= 0.6 is 0 Å². The molecule has 2 N–H and O–H groups in total. The highest BCUT2D eigenvalue weighted by atomic mass is 16.2. The summed E-state index contributed by atoms with van der Waals surface area (Å²) in [4.78, 5) is 29.0. The van der Waals surface area contributed by atoms with Crippen LogP contribution in [-0.2, 0) is 22.6 Å². The number of amides is 2. The molecule has 1 fully saturated rings. The van der Waals surface area contributed by atoms with Crippen LogP contribution in [0.2, 0.25) is 0 Å². The molecule has 0 spiro atoms. The number of carbonyl (C=O) groups excluding carboxylic acids is 2. The fourth-order valence-electron chi connectivity index (χ4n) is 4.13. The number of hydrogen-bond donors (Lipinski definition) is 2. The maximum atomic E-state index is 12.6. The second-order valence-electron chi connectivity index (χ2n) is 10.6. The lowest BCUT2D eigenvalue weighted by Crippen LogP contribution is -2.53. The van der Waals surface area contributed by atoms with E-state index in [-0.39, 0.29) is 17.4 Å². The van der Waals surface area contributed by atoms with E-state index in [0.717, 1.165) is 49.7 Å². The molecule has 0 radical (unpaired) electrons. The van der Waals surface area contributed by atoms with Gasteiger partial charge in [-0.15, -0.1) is 0 Å². The first-order valence-corrected chi connectivity index (χ1v) is 12.2. The van der Waals surface area contributed by atoms with E-state index in [4.69, 9.17) is 5.10 Å². The van der Waals surface area contributed by atoms with Crippen molar-refractivity contribution >= 4 is 11.8 Å². The number of carbonyl (C=O) groups is 2. The summed E-state index contributed by atoms with van der Waals surface area (Å²) in [5, 5.41) is 10.8. The van der Waals surface area contributed by atoms with Crippen molar-refractivity contribution in [2.45, 2.75) is 53.1 Å². The number of aromatic nitrogens is 2. The maximum absolute atomic E-state index is 12.6. The summed E-state index contributed by atoms with van der Waals surface area (Å²) >= 11 is 0. The Labute approximate surface area is 203 Å². The van der Waals surface area contributed by atoms with Crippen molar-refractivity contribution in [3.8, 4) is 5.69 Å². The molecule has 2 heterocycles. The van der Waals surface area contributed by atoms with Gasteiger partial charge in [0, 0.05) is 37.4 Å². The fourth-order valence-corrected chi connectivity index (χ4v) is 4.13. The summed E-state index contributed by atoms with van der Waals surface area (Å²) in [6.45, 7) is 14.6. The molecule has 3 rings (SSSR count). The minimum absolute atomic E-state index is 0.00130. The molecule has 1 aromatic heterocycles. The minimum atomic E-state index is -0.219. The molecule has 186 valence electrons. The first-order chi connectivity index (χ1) is 16.1. The second kappa shape index (κ2) is 11.6. The Balaban J connectivity index is 1.46. The van der Waals surface area contributed by atoms with E-state index in [2.05, 4.69) is 40.3 Å². The zero-order chi connectivity index (χ0) is 24.7. The number of nitrogens with one attached hydrogen (secondary N) is 2. The molecule has 1 aliphatic rings. The Morgan fingerprint density at radius 3 is 2.12 bits per heavy atom. The third-order valence-corrected chi connectivity index (χ3v) is 5.63. The van der Waals surface area contributed by atoms with E-state index in [1.165, 1.54) is 0 Å². The molecule has 0 saturated carbocycles. The van der Waals surface area contributed by atoms with Gasteiger partial charge >= 0.3 is 0 Å². The van der Waals surface area contributed by atoms with E-state index >= 15 is 0 Å². The Morgan fingerprint density at radius 1 is 0.971 bits per heavy atom. The van der Waals surface area contributed by atoms with Crippen LogP contribution in [0.4, 0.5) is 0 Å². The van der Waals surface area contributed by atoms with Crippen LogP contribution < -0.4 is 10.6 Å². The van der Waals surface area contributed by atoms with E-state index in [0.29, 0.717) is 25.6 Å². The number of nitrogens with zero attached hydrogens (tertiary/aromatic N) is 4. The molecule has 1 saturated heterocycles. The number of hydrogen-bond acceptors (Lipinski definition) is 5. The fraction of sp³-hybridized carbons (Fsp3) is 0.577. The number of piperazine rings is 1. The van der Waals surface area contributed by atoms with Crippen molar-refractivity contribution in [2.75, 3.05) is 39.3 Å². The smallest absolute Gasteiger partial charge is 0.234 e. The topological polar surface area (TPSA) is 82.5 Å². The van der Waals surface area contributed by atoms with Crippen molar-refractivity contribution in [2.24, 2.45) is 5.92 Å². The van der Waals surface area contributed by atoms with Crippen molar-refractivity contribution in [3.05, 3.63) is 47.8 Å². The number of para-hydroxylation sites is 1. The molecule has 0 bridgehead atoms. The second-order valence-corrected chi connectivity index (χ2v) is 10.6. The highest BCUT2D eigenvalue weighted by Gasteiger charge is 2.22. The summed E-state index contributed by atoms with van der Waals surface area (Å²) in [6, 6.07) is 12.2. The predicted octanol–water partition coefficient (Wildman–Crippen LogP) is 2.22. The van der Waals surface area contributed by atoms with E-state index in [9.17, 15) is 9.59 Å². The molecule has 1 aromatic carbocycles. The Morgan fingerprint density at radius 2 is 1.56 bits per heavy atom. The quantitative estimate of drug-likeness (QED) is 0.590. The van der Waals surface area contributed by atoms with Gasteiger partial charge in [0.25, 0.3) is 0 Å². The highest BCUT2D eigenvalue weighted by molar-refractivity contribution is 5.79. The van der Waals surface area contributed by atoms with Crippen LogP contribution in [0.25, 0.3) is 5.69 Å². The summed E-state index contributed by atoms with van der Waals surface area (Å²) in [6.07, 6.45) is 0.924. The summed E-state index contributed by atoms with van der Waals surface area (Å²) in [5.41, 5.74) is 2.83. The van der Waals surface area contributed by atoms with Gasteiger partial charge in [-0.3, -0.25) is 19.4 Å². The van der Waals surface area contributed by atoms with Crippen molar-refractivity contribution in [1.29, 1.82) is 0 Å². The molecule has 34 heavy (non-hydrogen) atoms. The number of benzene rings is 1. The van der Waals surface area contributed by atoms with Crippen LogP contribution in [0, 0.1) is 5.92 Å². The van der Waals surface area contributed by atoms with Gasteiger partial charge < -0.3 is 10.6 Å². The first-order valence-electron chi connectivity index (χ1n) is 12.2. The largest absolute Gasteiger partial charge is 0.350 e. The van der Waals surface area contributed by atoms with Crippen molar-refractivity contribution in [3.63, 3.8) is 0 Å². The van der Waals surface area contributed by atoms with Gasteiger partial charge in [0.1, 0.15) is 0 Å². The van der Waals surface area contributed by atoms with Crippen LogP contribution in [0.3, 0.4) is 0 Å². The number of rotatable bonds is 9. The summed E-state index contributed by atoms with van der Waals surface area (Å²) in [5.74, 6) is 0.559. The van der Waals surface area contributed by atoms with E-state index in [1.54, 1.807) is 0 Å². The van der Waals surface area contributed by atoms with Gasteiger partial charge in [-0.05, 0) is 51.3 Å². The SMILES string of the molecule is CC(C)Cc1cc(CNC(=O)CN2CCN(CC(=O)NC(C)(C)C)CC2)nn1-c1ccccc1. The van der Waals surface area contributed by atoms with Crippen LogP contribution in [0.5, 0.6) is 0 Å². The third kappa shape index (κ3) is 8.25. The zero-order valence-corrected chi connectivity index (χ0v) is 21.3. The van der Waals surface area contributed by atoms with Gasteiger partial charge in [0.05, 0.1) is 31.0 Å². The van der Waals surface area contributed by atoms with Gasteiger partial charge in [0.15, 0.2) is 0 Å². The molecule has 0 aliphatic carbocycles. The molecule has 2 aromatic rings. The molecule has 0 unspecified atom stereocenters. The van der Waals surface area contributed by atoms with Gasteiger partial charge in [-0.25, -0.2) is 4.68 Å². The molecule has 2 amide bonds. The zero-order valence-electron chi connectivity index (χ0n) is 21.3. The molecule has 8 heteroatoms. The van der Waals surface area contributed by atoms with Crippen LogP contribution in [0.1, 0.15) is 46.0 Å². The standard InChI is InChI=1S/C26H40N6O2/c1-20(2)15-23-16-21(29-32(23)22-9-7-6-8-10-22)17-27-24(33)18-30-11-13-31(14-12-30)19-25(34)28-26(3,4)5/h6-10,16,20H,11-15,17-19H2,1-5H3,(H,27,33)(H,28,34). The van der Waals surface area contributed by atoms with E-state index in [1.807, 2.05) is 55.8 Å². The Hall–Kier alpha value is -2.71. The molecular formula is C26H40N6O2. The Kier molecular flexibility index (Phi) is 8.85. The molecule has 0 atom stereocenters.